The molecule has 2 aromatic heterocycles. The fourth-order valence-electron chi connectivity index (χ4n) is 6.69. The lowest BCUT2D eigenvalue weighted by Crippen LogP contribution is -2.51. The van der Waals surface area contributed by atoms with Crippen molar-refractivity contribution in [3.05, 3.63) is 41.5 Å². The highest BCUT2D eigenvalue weighted by molar-refractivity contribution is 5.94. The second-order valence-electron chi connectivity index (χ2n) is 10.4. The van der Waals surface area contributed by atoms with Crippen LogP contribution in [0.15, 0.2) is 35.9 Å². The number of hydrogen-bond acceptors (Lipinski definition) is 9. The van der Waals surface area contributed by atoms with Crippen molar-refractivity contribution in [2.45, 2.75) is 70.2 Å². The zero-order valence-electron chi connectivity index (χ0n) is 19.9. The van der Waals surface area contributed by atoms with Crippen LogP contribution in [0.1, 0.15) is 57.6 Å². The molecule has 4 aliphatic heterocycles. The van der Waals surface area contributed by atoms with Gasteiger partial charge in [-0.25, -0.2) is 9.78 Å². The summed E-state index contributed by atoms with van der Waals surface area (Å²) in [5.74, 6) is 0.395. The van der Waals surface area contributed by atoms with E-state index in [0.29, 0.717) is 17.9 Å². The topological polar surface area (TPSA) is 127 Å². The number of likely N-dealkylation sites (tertiary alicyclic amines) is 1. The number of amides is 1. The molecule has 11 heteroatoms. The molecule has 0 aromatic carbocycles. The number of hydrogen-bond donors (Lipinski definition) is 1. The summed E-state index contributed by atoms with van der Waals surface area (Å²) in [6.07, 6.45) is 6.88. The summed E-state index contributed by atoms with van der Waals surface area (Å²) in [6.45, 7) is 4.51. The third-order valence-corrected chi connectivity index (χ3v) is 8.32. The lowest BCUT2D eigenvalue weighted by Gasteiger charge is -2.44. The number of carbonyl (C=O) groups is 2. The normalized spacial score (nSPS) is 31.6. The third-order valence-electron chi connectivity index (χ3n) is 8.32. The molecule has 2 bridgehead atoms. The molecular weight excluding hydrogens is 450 g/mol. The van der Waals surface area contributed by atoms with Crippen LogP contribution < -0.4 is 0 Å². The Labute approximate surface area is 202 Å². The lowest BCUT2D eigenvalue weighted by atomic mass is 9.72. The lowest BCUT2D eigenvalue weighted by molar-refractivity contribution is -0.140. The van der Waals surface area contributed by atoms with Crippen LogP contribution in [-0.2, 0) is 14.3 Å². The Balaban J connectivity index is 1.16. The van der Waals surface area contributed by atoms with Gasteiger partial charge in [-0.2, -0.15) is 4.68 Å². The molecule has 0 unspecified atom stereocenters. The number of aliphatic hydroxyl groups is 1. The highest BCUT2D eigenvalue weighted by Gasteiger charge is 2.58. The number of fused-ring (bicyclic) bond motifs is 2. The van der Waals surface area contributed by atoms with Crippen LogP contribution >= 0.6 is 0 Å². The number of tetrazole rings is 1. The maximum Gasteiger partial charge on any atom is 0.336 e. The van der Waals surface area contributed by atoms with E-state index in [1.807, 2.05) is 11.0 Å². The highest BCUT2D eigenvalue weighted by Crippen LogP contribution is 2.53. The van der Waals surface area contributed by atoms with E-state index in [1.54, 1.807) is 19.2 Å². The standard InChI is InChI=1S/C24H29N7O4/c1-14-7-24(23(34)31(14)19-12-35-22(33)15(19)2)8-17-4-5-18(9-24)29(17)11-20(32)16-3-6-21(25-10-16)30-13-26-27-28-30/h3,6,10,13-14,17-18,20,32H,4-5,7-9,11-12H2,1-2H3/t14-,17-,18-,20+/m1/s1. The number of cyclic esters (lactones) is 1. The number of esters is 1. The largest absolute Gasteiger partial charge is 0.456 e. The number of rotatable bonds is 5. The minimum atomic E-state index is -0.674. The quantitative estimate of drug-likeness (QED) is 0.629. The van der Waals surface area contributed by atoms with Crippen LogP contribution in [0.3, 0.4) is 0 Å². The van der Waals surface area contributed by atoms with Gasteiger partial charge in [0.2, 0.25) is 5.91 Å². The Morgan fingerprint density at radius 2 is 1.97 bits per heavy atom. The summed E-state index contributed by atoms with van der Waals surface area (Å²) < 4.78 is 6.66. The number of carbonyl (C=O) groups excluding carboxylic acids is 2. The smallest absolute Gasteiger partial charge is 0.336 e. The van der Waals surface area contributed by atoms with Crippen molar-refractivity contribution >= 4 is 11.9 Å². The zero-order chi connectivity index (χ0) is 24.3. The van der Waals surface area contributed by atoms with E-state index in [-0.39, 0.29) is 36.6 Å². The molecule has 0 saturated carbocycles. The zero-order valence-corrected chi connectivity index (χ0v) is 19.9. The van der Waals surface area contributed by atoms with Crippen molar-refractivity contribution in [3.63, 3.8) is 0 Å². The average molecular weight is 480 g/mol. The molecule has 184 valence electrons. The molecule has 2 aromatic rings. The summed E-state index contributed by atoms with van der Waals surface area (Å²) in [5.41, 5.74) is 1.62. The monoisotopic (exact) mass is 479 g/mol. The Kier molecular flexibility index (Phi) is 5.22. The van der Waals surface area contributed by atoms with Gasteiger partial charge in [-0.15, -0.1) is 5.10 Å². The molecule has 4 atom stereocenters. The Hall–Kier alpha value is -3.18. The van der Waals surface area contributed by atoms with Crippen LogP contribution in [-0.4, -0.2) is 83.3 Å². The van der Waals surface area contributed by atoms with Crippen LogP contribution in [0.4, 0.5) is 0 Å². The molecule has 3 fully saturated rings. The van der Waals surface area contributed by atoms with E-state index in [2.05, 4.69) is 32.3 Å². The molecule has 4 aliphatic rings. The van der Waals surface area contributed by atoms with Crippen LogP contribution in [0, 0.1) is 5.41 Å². The first-order valence-electron chi connectivity index (χ1n) is 12.2. The second kappa shape index (κ2) is 8.20. The van der Waals surface area contributed by atoms with Gasteiger partial charge in [-0.3, -0.25) is 9.69 Å². The SMILES string of the molecule is CC1=C(N2C(=O)C3(C[C@H]4CC[C@H](C3)N4C[C@H](O)c3ccc(-n4cnnn4)nc3)C[C@H]2C)COC1=O. The van der Waals surface area contributed by atoms with Gasteiger partial charge in [0.25, 0.3) is 0 Å². The first-order chi connectivity index (χ1) is 16.9. The molecule has 6 heterocycles. The first-order valence-corrected chi connectivity index (χ1v) is 12.2. The van der Waals surface area contributed by atoms with E-state index < -0.39 is 11.5 Å². The average Bonchev–Trinajstić information content (AvgIpc) is 3.59. The predicted molar refractivity (Wildman–Crippen MR) is 122 cm³/mol. The molecule has 1 N–H and O–H groups in total. The van der Waals surface area contributed by atoms with Gasteiger partial charge in [0, 0.05) is 36.4 Å². The molecule has 11 nitrogen and oxygen atoms in total. The van der Waals surface area contributed by atoms with Crippen LogP contribution in [0.5, 0.6) is 0 Å². The minimum absolute atomic E-state index is 0.0447. The fourth-order valence-corrected chi connectivity index (χ4v) is 6.69. The van der Waals surface area contributed by atoms with Gasteiger partial charge in [-0.1, -0.05) is 6.07 Å². The van der Waals surface area contributed by atoms with Gasteiger partial charge in [-0.05, 0) is 62.4 Å². The third kappa shape index (κ3) is 3.56. The van der Waals surface area contributed by atoms with Gasteiger partial charge in [0.15, 0.2) is 5.82 Å². The molecule has 6 rings (SSSR count). The number of ether oxygens (including phenoxy) is 1. The van der Waals surface area contributed by atoms with Crippen molar-refractivity contribution in [2.24, 2.45) is 5.41 Å². The van der Waals surface area contributed by atoms with Crippen molar-refractivity contribution < 1.29 is 19.4 Å². The van der Waals surface area contributed by atoms with Crippen molar-refractivity contribution in [3.8, 4) is 5.82 Å². The first kappa shape index (κ1) is 22.3. The number of nitrogens with zero attached hydrogens (tertiary/aromatic N) is 7. The van der Waals surface area contributed by atoms with Crippen molar-refractivity contribution in [1.82, 2.24) is 35.0 Å². The Morgan fingerprint density at radius 1 is 1.20 bits per heavy atom. The predicted octanol–water partition coefficient (Wildman–Crippen LogP) is 1.16. The van der Waals surface area contributed by atoms with Crippen molar-refractivity contribution in [2.75, 3.05) is 13.2 Å². The molecular formula is C24H29N7O4. The van der Waals surface area contributed by atoms with Crippen LogP contribution in [0.25, 0.3) is 5.82 Å². The summed E-state index contributed by atoms with van der Waals surface area (Å²) in [7, 11) is 0. The molecule has 0 radical (unpaired) electrons. The fraction of sp³-hybridized carbons (Fsp3) is 0.583. The molecule has 1 amide bonds. The Morgan fingerprint density at radius 3 is 2.57 bits per heavy atom. The van der Waals surface area contributed by atoms with E-state index in [4.69, 9.17) is 4.74 Å². The van der Waals surface area contributed by atoms with Gasteiger partial charge < -0.3 is 14.7 Å². The van der Waals surface area contributed by atoms with E-state index in [9.17, 15) is 14.7 Å². The van der Waals surface area contributed by atoms with E-state index in [1.165, 1.54) is 11.0 Å². The van der Waals surface area contributed by atoms with Gasteiger partial charge >= 0.3 is 5.97 Å². The minimum Gasteiger partial charge on any atom is -0.456 e. The highest BCUT2D eigenvalue weighted by atomic mass is 16.5. The molecule has 3 saturated heterocycles. The number of aliphatic hydroxyl groups excluding tert-OH is 1. The maximum atomic E-state index is 13.8. The Bertz CT molecular complexity index is 1160. The summed E-state index contributed by atoms with van der Waals surface area (Å²) >= 11 is 0. The van der Waals surface area contributed by atoms with Gasteiger partial charge in [0.1, 0.15) is 12.9 Å². The molecule has 1 spiro atoms. The summed E-state index contributed by atoms with van der Waals surface area (Å²) in [5, 5.41) is 22.1. The van der Waals surface area contributed by atoms with Crippen molar-refractivity contribution in [1.29, 1.82) is 0 Å². The van der Waals surface area contributed by atoms with Gasteiger partial charge in [0.05, 0.1) is 22.8 Å². The summed E-state index contributed by atoms with van der Waals surface area (Å²) in [4.78, 5) is 34.3. The number of piperidine rings is 1. The number of pyridine rings is 1. The van der Waals surface area contributed by atoms with E-state index >= 15 is 0 Å². The molecule has 35 heavy (non-hydrogen) atoms. The van der Waals surface area contributed by atoms with E-state index in [0.717, 1.165) is 43.4 Å². The maximum absolute atomic E-state index is 13.8. The summed E-state index contributed by atoms with van der Waals surface area (Å²) in [6, 6.07) is 4.19. The second-order valence-corrected chi connectivity index (χ2v) is 10.4. The van der Waals surface area contributed by atoms with Crippen LogP contribution in [0.2, 0.25) is 0 Å². The molecule has 0 aliphatic carbocycles. The number of aromatic nitrogens is 5.